The van der Waals surface area contributed by atoms with Crippen molar-refractivity contribution >= 4 is 56.7 Å². The highest BCUT2D eigenvalue weighted by atomic mass is 35.5. The van der Waals surface area contributed by atoms with Gasteiger partial charge >= 0.3 is 5.97 Å². The van der Waals surface area contributed by atoms with Gasteiger partial charge in [0.15, 0.2) is 0 Å². The van der Waals surface area contributed by atoms with E-state index in [1.807, 2.05) is 20.8 Å². The summed E-state index contributed by atoms with van der Waals surface area (Å²) in [5.41, 5.74) is -0.345. The fraction of sp³-hybridized carbons (Fsp3) is 0.375. The standard InChI is InChI=1S/C16H18Cl2N4O3S/c1-16(2,3)25-11(23)7-8-19-14-21-22-15(26-14)20-13(24)12-9(17)5-4-6-10(12)18/h4-6H,7-8H2,1-3H3,(H,19,21)(H,20,22,24). The van der Waals surface area contributed by atoms with Crippen LogP contribution in [0, 0.1) is 0 Å². The van der Waals surface area contributed by atoms with Gasteiger partial charge in [-0.1, -0.05) is 40.6 Å². The maximum atomic E-state index is 12.3. The van der Waals surface area contributed by atoms with Crippen molar-refractivity contribution in [1.82, 2.24) is 10.2 Å². The second-order valence-corrected chi connectivity index (χ2v) is 8.02. The Morgan fingerprint density at radius 2 is 1.77 bits per heavy atom. The topological polar surface area (TPSA) is 93.2 Å². The van der Waals surface area contributed by atoms with E-state index in [1.165, 1.54) is 0 Å². The third kappa shape index (κ3) is 6.12. The van der Waals surface area contributed by atoms with Crippen LogP contribution < -0.4 is 10.6 Å². The van der Waals surface area contributed by atoms with Crippen LogP contribution in [0.1, 0.15) is 37.6 Å². The van der Waals surface area contributed by atoms with Crippen molar-refractivity contribution in [3.63, 3.8) is 0 Å². The van der Waals surface area contributed by atoms with E-state index in [0.29, 0.717) is 11.7 Å². The van der Waals surface area contributed by atoms with Crippen molar-refractivity contribution in [2.24, 2.45) is 0 Å². The minimum atomic E-state index is -0.517. The molecule has 0 aliphatic carbocycles. The molecule has 0 atom stereocenters. The molecule has 0 saturated heterocycles. The molecule has 1 heterocycles. The molecule has 7 nitrogen and oxygen atoms in total. The van der Waals surface area contributed by atoms with Gasteiger partial charge < -0.3 is 10.1 Å². The third-order valence-electron chi connectivity index (χ3n) is 2.86. The molecule has 0 unspecified atom stereocenters. The Balaban J connectivity index is 1.88. The van der Waals surface area contributed by atoms with Gasteiger partial charge in [0.05, 0.1) is 22.0 Å². The van der Waals surface area contributed by atoms with E-state index in [2.05, 4.69) is 20.8 Å². The van der Waals surface area contributed by atoms with Crippen molar-refractivity contribution < 1.29 is 14.3 Å². The number of hydrogen-bond donors (Lipinski definition) is 2. The van der Waals surface area contributed by atoms with E-state index < -0.39 is 11.5 Å². The van der Waals surface area contributed by atoms with Gasteiger partial charge in [0.25, 0.3) is 5.91 Å². The average molecular weight is 417 g/mol. The lowest BCUT2D eigenvalue weighted by Crippen LogP contribution is -2.25. The zero-order valence-corrected chi connectivity index (χ0v) is 16.8. The fourth-order valence-corrected chi connectivity index (χ4v) is 3.12. The highest BCUT2D eigenvalue weighted by Crippen LogP contribution is 2.26. The first-order chi connectivity index (χ1) is 12.2. The molecule has 10 heteroatoms. The van der Waals surface area contributed by atoms with Crippen molar-refractivity contribution in [3.8, 4) is 0 Å². The number of benzene rings is 1. The van der Waals surface area contributed by atoms with Gasteiger partial charge in [0.1, 0.15) is 5.60 Å². The summed E-state index contributed by atoms with van der Waals surface area (Å²) in [6, 6.07) is 4.80. The Labute approximate surface area is 165 Å². The minimum absolute atomic E-state index is 0.172. The van der Waals surface area contributed by atoms with Gasteiger partial charge in [-0.25, -0.2) is 0 Å². The van der Waals surface area contributed by atoms with Crippen LogP contribution in [0.4, 0.5) is 10.3 Å². The molecular weight excluding hydrogens is 399 g/mol. The SMILES string of the molecule is CC(C)(C)OC(=O)CCNc1nnc(NC(=O)c2c(Cl)cccc2Cl)s1. The first-order valence-corrected chi connectivity index (χ1v) is 9.27. The number of nitrogens with zero attached hydrogens (tertiary/aromatic N) is 2. The molecule has 26 heavy (non-hydrogen) atoms. The van der Waals surface area contributed by atoms with E-state index >= 15 is 0 Å². The van der Waals surface area contributed by atoms with E-state index in [-0.39, 0.29) is 33.1 Å². The van der Waals surface area contributed by atoms with Gasteiger partial charge in [-0.05, 0) is 32.9 Å². The van der Waals surface area contributed by atoms with Crippen LogP contribution in [0.15, 0.2) is 18.2 Å². The average Bonchev–Trinajstić information content (AvgIpc) is 2.92. The summed E-state index contributed by atoms with van der Waals surface area (Å²) in [5.74, 6) is -0.784. The molecule has 0 aliphatic rings. The Bertz CT molecular complexity index is 785. The molecule has 0 aliphatic heterocycles. The zero-order chi connectivity index (χ0) is 19.3. The summed E-state index contributed by atoms with van der Waals surface area (Å²) in [6.45, 7) is 5.77. The molecule has 1 aromatic heterocycles. The van der Waals surface area contributed by atoms with Gasteiger partial charge in [-0.15, -0.1) is 10.2 Å². The van der Waals surface area contributed by atoms with Crippen LogP contribution in [0.2, 0.25) is 10.0 Å². The predicted octanol–water partition coefficient (Wildman–Crippen LogP) is 4.24. The lowest BCUT2D eigenvalue weighted by Gasteiger charge is -2.19. The summed E-state index contributed by atoms with van der Waals surface area (Å²) in [6.07, 6.45) is 0.188. The predicted molar refractivity (Wildman–Crippen MR) is 103 cm³/mol. The lowest BCUT2D eigenvalue weighted by molar-refractivity contribution is -0.154. The zero-order valence-electron chi connectivity index (χ0n) is 14.4. The first-order valence-electron chi connectivity index (χ1n) is 7.70. The summed E-state index contributed by atoms with van der Waals surface area (Å²) in [7, 11) is 0. The van der Waals surface area contributed by atoms with Crippen LogP contribution in [-0.4, -0.2) is 34.2 Å². The number of esters is 1. The maximum Gasteiger partial charge on any atom is 0.308 e. The van der Waals surface area contributed by atoms with Crippen LogP contribution in [0.25, 0.3) is 0 Å². The van der Waals surface area contributed by atoms with Crippen LogP contribution in [0.5, 0.6) is 0 Å². The smallest absolute Gasteiger partial charge is 0.308 e. The number of hydrogen-bond acceptors (Lipinski definition) is 7. The fourth-order valence-electron chi connectivity index (χ4n) is 1.88. The summed E-state index contributed by atoms with van der Waals surface area (Å²) in [4.78, 5) is 23.9. The first kappa shape index (κ1) is 20.4. The number of carbonyl (C=O) groups excluding carboxylic acids is 2. The monoisotopic (exact) mass is 416 g/mol. The number of ether oxygens (including phenoxy) is 1. The van der Waals surface area contributed by atoms with E-state index in [0.717, 1.165) is 11.3 Å². The molecule has 0 saturated carbocycles. The summed E-state index contributed by atoms with van der Waals surface area (Å²) >= 11 is 13.1. The Morgan fingerprint density at radius 3 is 2.38 bits per heavy atom. The van der Waals surface area contributed by atoms with Crippen LogP contribution in [0.3, 0.4) is 0 Å². The summed E-state index contributed by atoms with van der Waals surface area (Å²) < 4.78 is 5.21. The molecule has 0 spiro atoms. The van der Waals surface area contributed by atoms with Crippen molar-refractivity contribution in [1.29, 1.82) is 0 Å². The molecule has 0 bridgehead atoms. The maximum absolute atomic E-state index is 12.3. The third-order valence-corrected chi connectivity index (χ3v) is 4.29. The number of halogens is 2. The number of nitrogens with one attached hydrogen (secondary N) is 2. The molecule has 2 aromatic rings. The van der Waals surface area contributed by atoms with Crippen LogP contribution in [-0.2, 0) is 9.53 Å². The second kappa shape index (κ2) is 8.66. The molecule has 0 fully saturated rings. The van der Waals surface area contributed by atoms with Gasteiger partial charge in [0, 0.05) is 6.54 Å². The number of carbonyl (C=O) groups is 2. The number of aromatic nitrogens is 2. The van der Waals surface area contributed by atoms with E-state index in [1.54, 1.807) is 18.2 Å². The molecule has 1 amide bonds. The Kier molecular flexibility index (Phi) is 6.80. The molecule has 2 rings (SSSR count). The second-order valence-electron chi connectivity index (χ2n) is 6.23. The highest BCUT2D eigenvalue weighted by molar-refractivity contribution is 7.19. The molecule has 140 valence electrons. The minimum Gasteiger partial charge on any atom is -0.460 e. The van der Waals surface area contributed by atoms with Gasteiger partial charge in [-0.3, -0.25) is 14.9 Å². The largest absolute Gasteiger partial charge is 0.460 e. The normalized spacial score (nSPS) is 11.1. The van der Waals surface area contributed by atoms with E-state index in [4.69, 9.17) is 27.9 Å². The lowest BCUT2D eigenvalue weighted by atomic mass is 10.2. The van der Waals surface area contributed by atoms with Crippen molar-refractivity contribution in [3.05, 3.63) is 33.8 Å². The highest BCUT2D eigenvalue weighted by Gasteiger charge is 2.17. The molecule has 1 aromatic carbocycles. The number of amides is 1. The Morgan fingerprint density at radius 1 is 1.15 bits per heavy atom. The van der Waals surface area contributed by atoms with Gasteiger partial charge in [0.2, 0.25) is 10.3 Å². The van der Waals surface area contributed by atoms with Crippen LogP contribution >= 0.6 is 34.5 Å². The summed E-state index contributed by atoms with van der Waals surface area (Å²) in [5, 5.41) is 14.6. The van der Waals surface area contributed by atoms with Crippen molar-refractivity contribution in [2.45, 2.75) is 32.8 Å². The number of anilines is 2. The molecular formula is C16H18Cl2N4O3S. The van der Waals surface area contributed by atoms with E-state index in [9.17, 15) is 9.59 Å². The van der Waals surface area contributed by atoms with Gasteiger partial charge in [-0.2, -0.15) is 0 Å². The quantitative estimate of drug-likeness (QED) is 0.683. The Hall–Kier alpha value is -1.90. The number of rotatable bonds is 6. The molecule has 2 N–H and O–H groups in total. The molecule has 0 radical (unpaired) electrons. The van der Waals surface area contributed by atoms with Crippen molar-refractivity contribution in [2.75, 3.05) is 17.2 Å².